The first-order valence-electron chi connectivity index (χ1n) is 10.2. The topological polar surface area (TPSA) is 65.5 Å². The van der Waals surface area contributed by atoms with Gasteiger partial charge in [0.15, 0.2) is 0 Å². The van der Waals surface area contributed by atoms with Gasteiger partial charge >= 0.3 is 0 Å². The number of piperazine rings is 1. The van der Waals surface area contributed by atoms with Gasteiger partial charge in [-0.3, -0.25) is 14.5 Å². The first-order chi connectivity index (χ1) is 14.5. The van der Waals surface area contributed by atoms with Crippen LogP contribution in [0.15, 0.2) is 48.5 Å². The fourth-order valence-corrected chi connectivity index (χ4v) is 4.77. The summed E-state index contributed by atoms with van der Waals surface area (Å²) in [6, 6.07) is 16.0. The Hall–Kier alpha value is -2.77. The molecule has 7 heteroatoms. The predicted molar refractivity (Wildman–Crippen MR) is 119 cm³/mol. The maximum atomic E-state index is 12.9. The molecule has 1 aliphatic rings. The average Bonchev–Trinajstić information content (AvgIpc) is 3.21. The molecule has 1 aliphatic heterocycles. The van der Waals surface area contributed by atoms with Crippen LogP contribution in [0.25, 0.3) is 10.2 Å². The molecule has 2 heterocycles. The number of thiazole rings is 1. The van der Waals surface area contributed by atoms with Gasteiger partial charge in [0.05, 0.1) is 16.3 Å². The van der Waals surface area contributed by atoms with Crippen LogP contribution in [-0.4, -0.2) is 52.8 Å². The minimum Gasteiger partial charge on any atom is -0.352 e. The lowest BCUT2D eigenvalue weighted by molar-refractivity contribution is -0.119. The van der Waals surface area contributed by atoms with Crippen LogP contribution in [0.2, 0.25) is 0 Å². The number of carbonyl (C=O) groups is 2. The molecule has 1 atom stereocenters. The van der Waals surface area contributed by atoms with E-state index in [-0.39, 0.29) is 17.9 Å². The molecule has 1 aromatic heterocycles. The molecular formula is C23H26N4O2S. The fraction of sp³-hybridized carbons (Fsp3) is 0.348. The van der Waals surface area contributed by atoms with Crippen molar-refractivity contribution in [3.05, 3.63) is 64.7 Å². The summed E-state index contributed by atoms with van der Waals surface area (Å²) in [5.41, 5.74) is 2.73. The predicted octanol–water partition coefficient (Wildman–Crippen LogP) is 3.45. The van der Waals surface area contributed by atoms with E-state index in [0.717, 1.165) is 29.2 Å². The molecule has 156 valence electrons. The number of amides is 2. The largest absolute Gasteiger partial charge is 0.352 e. The van der Waals surface area contributed by atoms with E-state index < -0.39 is 0 Å². The number of para-hydroxylation sites is 1. The zero-order chi connectivity index (χ0) is 21.1. The van der Waals surface area contributed by atoms with E-state index in [9.17, 15) is 9.59 Å². The monoisotopic (exact) mass is 422 g/mol. The van der Waals surface area contributed by atoms with Crippen molar-refractivity contribution in [3.63, 3.8) is 0 Å². The molecule has 0 bridgehead atoms. The molecule has 30 heavy (non-hydrogen) atoms. The summed E-state index contributed by atoms with van der Waals surface area (Å²) >= 11 is 1.75. The van der Waals surface area contributed by atoms with Gasteiger partial charge < -0.3 is 10.2 Å². The summed E-state index contributed by atoms with van der Waals surface area (Å²) in [6.07, 6.45) is 0. The van der Waals surface area contributed by atoms with Crippen LogP contribution in [-0.2, 0) is 11.3 Å². The molecule has 0 radical (unpaired) electrons. The molecule has 6 nitrogen and oxygen atoms in total. The fourth-order valence-electron chi connectivity index (χ4n) is 3.71. The van der Waals surface area contributed by atoms with Crippen molar-refractivity contribution in [2.24, 2.45) is 0 Å². The highest BCUT2D eigenvalue weighted by atomic mass is 32.1. The van der Waals surface area contributed by atoms with Crippen LogP contribution < -0.4 is 5.32 Å². The number of fused-ring (bicyclic) bond motifs is 1. The number of hydrogen-bond donors (Lipinski definition) is 1. The zero-order valence-electron chi connectivity index (χ0n) is 17.3. The summed E-state index contributed by atoms with van der Waals surface area (Å²) in [5, 5.41) is 3.90. The Balaban J connectivity index is 1.34. The highest BCUT2D eigenvalue weighted by Gasteiger charge is 2.26. The number of carbonyl (C=O) groups excluding carboxylic acids is 2. The van der Waals surface area contributed by atoms with Gasteiger partial charge in [0.25, 0.3) is 5.91 Å². The van der Waals surface area contributed by atoms with Crippen LogP contribution in [0.4, 0.5) is 0 Å². The lowest BCUT2D eigenvalue weighted by Crippen LogP contribution is -2.49. The number of rotatable bonds is 5. The molecule has 0 aliphatic carbocycles. The molecule has 1 N–H and O–H groups in total. The Kier molecular flexibility index (Phi) is 6.11. The van der Waals surface area contributed by atoms with E-state index in [1.165, 1.54) is 11.6 Å². The van der Waals surface area contributed by atoms with E-state index in [1.54, 1.807) is 11.3 Å². The van der Waals surface area contributed by atoms with E-state index in [4.69, 9.17) is 4.98 Å². The quantitative estimate of drug-likeness (QED) is 0.684. The second-order valence-electron chi connectivity index (χ2n) is 7.63. The van der Waals surface area contributed by atoms with E-state index in [2.05, 4.69) is 29.3 Å². The van der Waals surface area contributed by atoms with E-state index in [1.807, 2.05) is 41.3 Å². The number of hydrogen-bond acceptors (Lipinski definition) is 5. The number of benzene rings is 2. The van der Waals surface area contributed by atoms with E-state index in [0.29, 0.717) is 25.2 Å². The van der Waals surface area contributed by atoms with Gasteiger partial charge in [-0.05, 0) is 36.8 Å². The van der Waals surface area contributed by atoms with Crippen LogP contribution in [0.1, 0.15) is 40.8 Å². The maximum Gasteiger partial charge on any atom is 0.253 e. The van der Waals surface area contributed by atoms with Crippen LogP contribution >= 0.6 is 11.3 Å². The second-order valence-corrected chi connectivity index (χ2v) is 8.69. The van der Waals surface area contributed by atoms with Crippen LogP contribution in [0.3, 0.4) is 0 Å². The third-order valence-electron chi connectivity index (χ3n) is 5.56. The molecule has 1 saturated heterocycles. The highest BCUT2D eigenvalue weighted by molar-refractivity contribution is 7.18. The Morgan fingerprint density at radius 2 is 1.77 bits per heavy atom. The Morgan fingerprint density at radius 1 is 1.07 bits per heavy atom. The summed E-state index contributed by atoms with van der Waals surface area (Å²) < 4.78 is 1.22. The van der Waals surface area contributed by atoms with Crippen molar-refractivity contribution < 1.29 is 9.59 Å². The molecule has 2 aromatic carbocycles. The van der Waals surface area contributed by atoms with Crippen molar-refractivity contribution in [3.8, 4) is 0 Å². The first-order valence-corrected chi connectivity index (χ1v) is 11.0. The summed E-state index contributed by atoms with van der Waals surface area (Å²) in [5.74, 6) is 0.00136. The standard InChI is InChI=1S/C23H26N4O2S/c1-16(22-25-20-5-3-4-6-21(20)30-22)26-11-13-27(14-12-26)23(29)19-9-7-18(8-10-19)15-24-17(2)28/h3-10,16H,11-15H2,1-2H3,(H,24,28). The van der Waals surface area contributed by atoms with Crippen LogP contribution in [0, 0.1) is 0 Å². The molecule has 0 saturated carbocycles. The highest BCUT2D eigenvalue weighted by Crippen LogP contribution is 2.30. The molecular weight excluding hydrogens is 396 g/mol. The van der Waals surface area contributed by atoms with Gasteiger partial charge in [-0.25, -0.2) is 4.98 Å². The van der Waals surface area contributed by atoms with Gasteiger partial charge in [0.2, 0.25) is 5.91 Å². The third kappa shape index (κ3) is 4.52. The maximum absolute atomic E-state index is 12.9. The number of nitrogens with zero attached hydrogens (tertiary/aromatic N) is 3. The van der Waals surface area contributed by atoms with Gasteiger partial charge in [0, 0.05) is 45.2 Å². The second kappa shape index (κ2) is 8.93. The molecule has 2 amide bonds. The SMILES string of the molecule is CC(=O)NCc1ccc(C(=O)N2CCN(C(C)c3nc4ccccc4s3)CC2)cc1. The lowest BCUT2D eigenvalue weighted by Gasteiger charge is -2.37. The Morgan fingerprint density at radius 3 is 2.43 bits per heavy atom. The lowest BCUT2D eigenvalue weighted by atomic mass is 10.1. The minimum atomic E-state index is -0.0619. The van der Waals surface area contributed by atoms with Gasteiger partial charge in [-0.2, -0.15) is 0 Å². The van der Waals surface area contributed by atoms with Crippen molar-refractivity contribution in [2.75, 3.05) is 26.2 Å². The molecule has 0 spiro atoms. The van der Waals surface area contributed by atoms with Crippen molar-refractivity contribution >= 4 is 33.4 Å². The number of aromatic nitrogens is 1. The van der Waals surface area contributed by atoms with Gasteiger partial charge in [-0.1, -0.05) is 24.3 Å². The minimum absolute atomic E-state index is 0.0619. The normalized spacial score (nSPS) is 15.9. The molecule has 3 aromatic rings. The third-order valence-corrected chi connectivity index (χ3v) is 6.77. The average molecular weight is 423 g/mol. The van der Waals surface area contributed by atoms with Crippen molar-refractivity contribution in [1.82, 2.24) is 20.1 Å². The summed E-state index contributed by atoms with van der Waals surface area (Å²) in [4.78, 5) is 33.0. The Labute approximate surface area is 180 Å². The smallest absolute Gasteiger partial charge is 0.253 e. The first kappa shape index (κ1) is 20.5. The van der Waals surface area contributed by atoms with Gasteiger partial charge in [0.1, 0.15) is 5.01 Å². The van der Waals surface area contributed by atoms with Crippen molar-refractivity contribution in [2.45, 2.75) is 26.4 Å². The molecule has 1 fully saturated rings. The molecule has 4 rings (SSSR count). The summed E-state index contributed by atoms with van der Waals surface area (Å²) in [7, 11) is 0. The Bertz CT molecular complexity index is 1010. The van der Waals surface area contributed by atoms with Gasteiger partial charge in [-0.15, -0.1) is 11.3 Å². The van der Waals surface area contributed by atoms with Crippen molar-refractivity contribution in [1.29, 1.82) is 0 Å². The summed E-state index contributed by atoms with van der Waals surface area (Å²) in [6.45, 7) is 7.26. The van der Waals surface area contributed by atoms with E-state index >= 15 is 0 Å². The molecule has 1 unspecified atom stereocenters. The van der Waals surface area contributed by atoms with Crippen LogP contribution in [0.5, 0.6) is 0 Å². The number of nitrogens with one attached hydrogen (secondary N) is 1. The zero-order valence-corrected chi connectivity index (χ0v) is 18.1.